The Balaban J connectivity index is 1.99. The number of benzene rings is 2. The number of rotatable bonds is 5. The summed E-state index contributed by atoms with van der Waals surface area (Å²) in [5, 5.41) is 9.67. The van der Waals surface area contributed by atoms with E-state index in [0.717, 1.165) is 0 Å². The Morgan fingerprint density at radius 1 is 0.962 bits per heavy atom. The first kappa shape index (κ1) is 17.4. The van der Waals surface area contributed by atoms with Crippen molar-refractivity contribution in [2.45, 2.75) is 0 Å². The number of carbonyl (C=O) groups is 1. The molecule has 0 spiro atoms. The number of hydrogen-bond acceptors (Lipinski definition) is 6. The number of esters is 1. The number of aromatic hydroxyl groups is 1. The molecule has 2 aromatic carbocycles. The molecule has 0 bridgehead atoms. The van der Waals surface area contributed by atoms with Crippen LogP contribution in [-0.2, 0) is 9.53 Å². The zero-order valence-corrected chi connectivity index (χ0v) is 14.6. The second-order valence-electron chi connectivity index (χ2n) is 5.50. The topological polar surface area (TPSA) is 74.2 Å². The fourth-order valence-corrected chi connectivity index (χ4v) is 2.59. The van der Waals surface area contributed by atoms with Crippen molar-refractivity contribution in [1.29, 1.82) is 0 Å². The molecule has 0 amide bonds. The monoisotopic (exact) mass is 354 g/mol. The van der Waals surface area contributed by atoms with E-state index in [9.17, 15) is 9.90 Å². The molecule has 1 aliphatic heterocycles. The lowest BCUT2D eigenvalue weighted by atomic mass is 10.1. The summed E-state index contributed by atoms with van der Waals surface area (Å²) in [6.45, 7) is 0. The van der Waals surface area contributed by atoms with Gasteiger partial charge in [-0.05, 0) is 48.0 Å². The lowest BCUT2D eigenvalue weighted by molar-refractivity contribution is -0.130. The van der Waals surface area contributed by atoms with Crippen LogP contribution in [0.5, 0.6) is 23.0 Å². The van der Waals surface area contributed by atoms with Gasteiger partial charge in [0.15, 0.2) is 11.5 Å². The summed E-state index contributed by atoms with van der Waals surface area (Å²) in [5.41, 5.74) is 1.69. The summed E-state index contributed by atoms with van der Waals surface area (Å²) in [4.78, 5) is 12.2. The van der Waals surface area contributed by atoms with Crippen LogP contribution in [0.1, 0.15) is 11.1 Å². The number of phenolic OH excluding ortho intramolecular Hbond substituents is 1. The maximum atomic E-state index is 12.2. The van der Waals surface area contributed by atoms with Gasteiger partial charge in [-0.2, -0.15) is 0 Å². The van der Waals surface area contributed by atoms with Gasteiger partial charge in [-0.15, -0.1) is 0 Å². The molecule has 0 fully saturated rings. The van der Waals surface area contributed by atoms with Crippen molar-refractivity contribution >= 4 is 17.8 Å². The number of methoxy groups -OCH3 is 3. The van der Waals surface area contributed by atoms with E-state index in [2.05, 4.69) is 0 Å². The van der Waals surface area contributed by atoms with Gasteiger partial charge in [0.2, 0.25) is 0 Å². The highest BCUT2D eigenvalue weighted by molar-refractivity contribution is 6.05. The van der Waals surface area contributed by atoms with Crippen molar-refractivity contribution in [2.24, 2.45) is 0 Å². The van der Waals surface area contributed by atoms with Gasteiger partial charge in [0.25, 0.3) is 0 Å². The molecule has 0 radical (unpaired) electrons. The third-order valence-electron chi connectivity index (χ3n) is 3.92. The molecule has 0 aliphatic carbocycles. The molecule has 6 heteroatoms. The molecule has 0 saturated heterocycles. The molecule has 6 nitrogen and oxygen atoms in total. The largest absolute Gasteiger partial charge is 0.504 e. The molecular weight excluding hydrogens is 336 g/mol. The minimum atomic E-state index is -0.475. The van der Waals surface area contributed by atoms with E-state index in [-0.39, 0.29) is 5.75 Å². The molecule has 0 atom stereocenters. The average Bonchev–Trinajstić information content (AvgIpc) is 3.03. The molecule has 1 aliphatic rings. The van der Waals surface area contributed by atoms with Crippen LogP contribution in [0.2, 0.25) is 0 Å². The minimum Gasteiger partial charge on any atom is -0.504 e. The van der Waals surface area contributed by atoms with Gasteiger partial charge in [0, 0.05) is 0 Å². The van der Waals surface area contributed by atoms with Crippen molar-refractivity contribution < 1.29 is 28.8 Å². The lowest BCUT2D eigenvalue weighted by Gasteiger charge is -2.10. The van der Waals surface area contributed by atoms with E-state index in [1.165, 1.54) is 13.2 Å². The second kappa shape index (κ2) is 7.23. The third kappa shape index (κ3) is 3.35. The first-order valence-corrected chi connectivity index (χ1v) is 7.80. The highest BCUT2D eigenvalue weighted by Gasteiger charge is 2.24. The smallest absolute Gasteiger partial charge is 0.343 e. The van der Waals surface area contributed by atoms with Gasteiger partial charge in [-0.1, -0.05) is 6.07 Å². The molecule has 1 heterocycles. The Morgan fingerprint density at radius 3 is 2.42 bits per heavy atom. The maximum absolute atomic E-state index is 12.2. The number of carbonyl (C=O) groups excluding carboxylic acids is 1. The summed E-state index contributed by atoms with van der Waals surface area (Å²) in [6, 6.07) is 10.1. The van der Waals surface area contributed by atoms with E-state index in [4.69, 9.17) is 18.9 Å². The molecule has 0 saturated carbocycles. The molecule has 2 aromatic rings. The van der Waals surface area contributed by atoms with Crippen molar-refractivity contribution in [3.05, 3.63) is 59.2 Å². The van der Waals surface area contributed by atoms with Crippen molar-refractivity contribution in [2.75, 3.05) is 21.3 Å². The summed E-state index contributed by atoms with van der Waals surface area (Å²) < 4.78 is 21.0. The van der Waals surface area contributed by atoms with E-state index in [0.29, 0.717) is 39.7 Å². The van der Waals surface area contributed by atoms with Gasteiger partial charge in [0.05, 0.1) is 32.5 Å². The van der Waals surface area contributed by atoms with Crippen LogP contribution in [-0.4, -0.2) is 32.4 Å². The Labute approximate surface area is 150 Å². The zero-order chi connectivity index (χ0) is 18.7. The van der Waals surface area contributed by atoms with Crippen LogP contribution < -0.4 is 14.2 Å². The molecule has 3 rings (SSSR count). The van der Waals surface area contributed by atoms with Gasteiger partial charge < -0.3 is 24.1 Å². The van der Waals surface area contributed by atoms with Crippen LogP contribution in [0.25, 0.3) is 11.8 Å². The summed E-state index contributed by atoms with van der Waals surface area (Å²) >= 11 is 0. The Bertz CT molecular complexity index is 911. The van der Waals surface area contributed by atoms with Gasteiger partial charge >= 0.3 is 5.97 Å². The molecule has 0 unspecified atom stereocenters. The first-order chi connectivity index (χ1) is 12.5. The number of hydrogen-bond donors (Lipinski definition) is 1. The molecule has 1 N–H and O–H groups in total. The van der Waals surface area contributed by atoms with Gasteiger partial charge in [-0.25, -0.2) is 4.79 Å². The van der Waals surface area contributed by atoms with Crippen LogP contribution in [0, 0.1) is 0 Å². The normalized spacial score (nSPS) is 14.8. The van der Waals surface area contributed by atoms with Crippen LogP contribution in [0.3, 0.4) is 0 Å². The van der Waals surface area contributed by atoms with Gasteiger partial charge in [-0.3, -0.25) is 0 Å². The highest BCUT2D eigenvalue weighted by atomic mass is 16.5. The highest BCUT2D eigenvalue weighted by Crippen LogP contribution is 2.36. The SMILES string of the molecule is COc1ccc(OC)c(C2=C/C(=C/c3ccc(O)c(OC)c3)C(=O)O2)c1. The average molecular weight is 354 g/mol. The lowest BCUT2D eigenvalue weighted by Crippen LogP contribution is -1.99. The van der Waals surface area contributed by atoms with E-state index in [1.807, 2.05) is 0 Å². The summed E-state index contributed by atoms with van der Waals surface area (Å²) in [7, 11) is 4.56. The van der Waals surface area contributed by atoms with Gasteiger partial charge in [0.1, 0.15) is 17.3 Å². The molecule has 134 valence electrons. The van der Waals surface area contributed by atoms with Crippen molar-refractivity contribution in [3.8, 4) is 23.0 Å². The predicted molar refractivity (Wildman–Crippen MR) is 96.3 cm³/mol. The van der Waals surface area contributed by atoms with E-state index >= 15 is 0 Å². The van der Waals surface area contributed by atoms with E-state index in [1.54, 1.807) is 56.7 Å². The zero-order valence-electron chi connectivity index (χ0n) is 14.6. The molecule has 0 aromatic heterocycles. The molecule has 26 heavy (non-hydrogen) atoms. The standard InChI is InChI=1S/C20H18O6/c1-23-14-5-7-17(24-2)15(11-14)18-10-13(20(22)26-18)8-12-4-6-16(21)19(9-12)25-3/h4-11,21H,1-3H3/b13-8-. The second-order valence-corrected chi connectivity index (χ2v) is 5.50. The fourth-order valence-electron chi connectivity index (χ4n) is 2.59. The first-order valence-electron chi connectivity index (χ1n) is 7.80. The fraction of sp³-hybridized carbons (Fsp3) is 0.150. The summed E-state index contributed by atoms with van der Waals surface area (Å²) in [5.74, 6) is 1.45. The maximum Gasteiger partial charge on any atom is 0.343 e. The Hall–Kier alpha value is -3.41. The summed E-state index contributed by atoms with van der Waals surface area (Å²) in [6.07, 6.45) is 3.29. The van der Waals surface area contributed by atoms with Crippen molar-refractivity contribution in [1.82, 2.24) is 0 Å². The van der Waals surface area contributed by atoms with Crippen LogP contribution in [0.15, 0.2) is 48.0 Å². The predicted octanol–water partition coefficient (Wildman–Crippen LogP) is 3.40. The Kier molecular flexibility index (Phi) is 4.84. The minimum absolute atomic E-state index is 0.0287. The van der Waals surface area contributed by atoms with Crippen LogP contribution in [0.4, 0.5) is 0 Å². The number of ether oxygens (including phenoxy) is 4. The Morgan fingerprint density at radius 2 is 1.73 bits per heavy atom. The van der Waals surface area contributed by atoms with E-state index < -0.39 is 5.97 Å². The third-order valence-corrected chi connectivity index (χ3v) is 3.92. The number of cyclic esters (lactones) is 1. The molecular formula is C20H18O6. The van der Waals surface area contributed by atoms with Crippen LogP contribution >= 0.6 is 0 Å². The number of phenols is 1. The van der Waals surface area contributed by atoms with Crippen molar-refractivity contribution in [3.63, 3.8) is 0 Å². The quantitative estimate of drug-likeness (QED) is 0.655.